The van der Waals surface area contributed by atoms with Gasteiger partial charge in [-0.2, -0.15) is 0 Å². The number of carbonyl (C=O) groups excluding carboxylic acids is 2. The van der Waals surface area contributed by atoms with Crippen molar-refractivity contribution in [3.8, 4) is 0 Å². The molecule has 0 aliphatic carbocycles. The van der Waals surface area contributed by atoms with Gasteiger partial charge in [-0.05, 0) is 0 Å². The zero-order valence-electron chi connectivity index (χ0n) is 6.22. The Morgan fingerprint density at radius 1 is 1.50 bits per heavy atom. The Hall–Kier alpha value is 0.0283. The summed E-state index contributed by atoms with van der Waals surface area (Å²) in [4.78, 5) is 21.6. The van der Waals surface area contributed by atoms with Crippen molar-refractivity contribution >= 4 is 11.6 Å². The Labute approximate surface area is 72.3 Å². The van der Waals surface area contributed by atoms with Gasteiger partial charge in [0.25, 0.3) is 0 Å². The van der Waals surface area contributed by atoms with Gasteiger partial charge in [-0.15, -0.1) is 0 Å². The van der Waals surface area contributed by atoms with E-state index in [2.05, 4.69) is 0 Å². The molecule has 1 unspecified atom stereocenters. The van der Waals surface area contributed by atoms with E-state index in [1.807, 2.05) is 6.92 Å². The van der Waals surface area contributed by atoms with E-state index in [0.717, 1.165) is 6.42 Å². The first kappa shape index (κ1) is 10.0. The number of rotatable bonds is 4. The predicted octanol–water partition coefficient (Wildman–Crippen LogP) is 1.28. The van der Waals surface area contributed by atoms with Crippen LogP contribution >= 0.6 is 0 Å². The average Bonchev–Trinajstić information content (AvgIpc) is 1.87. The summed E-state index contributed by atoms with van der Waals surface area (Å²) in [5.41, 5.74) is 0. The van der Waals surface area contributed by atoms with E-state index < -0.39 is 0 Å². The Morgan fingerprint density at radius 2 is 2.00 bits per heavy atom. The van der Waals surface area contributed by atoms with Crippen LogP contribution in [0.25, 0.3) is 0 Å². The summed E-state index contributed by atoms with van der Waals surface area (Å²) in [5.74, 6) is 0.0445. The molecule has 3 heteroatoms. The van der Waals surface area contributed by atoms with Gasteiger partial charge < -0.3 is 0 Å². The quantitative estimate of drug-likeness (QED) is 0.531. The summed E-state index contributed by atoms with van der Waals surface area (Å²) in [6.07, 6.45) is 1.36. The van der Waals surface area contributed by atoms with Crippen molar-refractivity contribution in [3.05, 3.63) is 0 Å². The van der Waals surface area contributed by atoms with Gasteiger partial charge in [0, 0.05) is 0 Å². The third-order valence-corrected chi connectivity index (χ3v) is 2.62. The van der Waals surface area contributed by atoms with Crippen LogP contribution in [0.5, 0.6) is 0 Å². The molecule has 0 fully saturated rings. The minimum atomic E-state index is -0.379. The molecule has 2 nitrogen and oxygen atoms in total. The van der Waals surface area contributed by atoms with Crippen LogP contribution < -0.4 is 0 Å². The first-order valence-electron chi connectivity index (χ1n) is 3.28. The maximum absolute atomic E-state index is 11.0. The summed E-state index contributed by atoms with van der Waals surface area (Å²) in [7, 11) is 0. The molecule has 0 amide bonds. The molecule has 0 aromatic rings. The molecule has 0 spiro atoms. The maximum atomic E-state index is 11.0. The molecule has 1 atom stereocenters. The summed E-state index contributed by atoms with van der Waals surface area (Å²) in [6, 6.07) is 0. The van der Waals surface area contributed by atoms with Gasteiger partial charge in [0.1, 0.15) is 0 Å². The molecule has 0 radical (unpaired) electrons. The summed E-state index contributed by atoms with van der Waals surface area (Å²) >= 11 is 1.60. The van der Waals surface area contributed by atoms with Crippen LogP contribution in [0.3, 0.4) is 0 Å². The molecular formula is C7H11MoO2. The van der Waals surface area contributed by atoms with Crippen molar-refractivity contribution in [1.29, 1.82) is 0 Å². The van der Waals surface area contributed by atoms with Gasteiger partial charge in [-0.25, -0.2) is 0 Å². The number of hydrogen-bond acceptors (Lipinski definition) is 2. The fraction of sp³-hybridized carbons (Fsp3) is 0.714. The van der Waals surface area contributed by atoms with Crippen LogP contribution in [-0.2, 0) is 29.4 Å². The monoisotopic (exact) mass is 225 g/mol. The van der Waals surface area contributed by atoms with Gasteiger partial charge in [0.2, 0.25) is 0 Å². The molecule has 0 aliphatic rings. The minimum absolute atomic E-state index is 0.0248. The predicted molar refractivity (Wildman–Crippen MR) is 34.3 cm³/mol. The number of Topliss-reactive ketones (excluding diaryl/α,β-unsaturated/α-hetero) is 2. The second-order valence-corrected chi connectivity index (χ2v) is 3.37. The Kier molecular flexibility index (Phi) is 4.80. The number of hydrogen-bond donors (Lipinski definition) is 0. The molecule has 0 bridgehead atoms. The van der Waals surface area contributed by atoms with E-state index in [1.165, 1.54) is 6.92 Å². The van der Waals surface area contributed by atoms with Crippen LogP contribution in [0.4, 0.5) is 0 Å². The second-order valence-electron chi connectivity index (χ2n) is 2.21. The zero-order chi connectivity index (χ0) is 8.15. The van der Waals surface area contributed by atoms with Crippen molar-refractivity contribution in [2.24, 2.45) is 0 Å². The van der Waals surface area contributed by atoms with Crippen LogP contribution in [0, 0.1) is 0 Å². The van der Waals surface area contributed by atoms with Gasteiger partial charge in [-0.3, -0.25) is 0 Å². The van der Waals surface area contributed by atoms with Crippen molar-refractivity contribution in [2.45, 2.75) is 31.0 Å². The standard InChI is InChI=1S/C7H11O2.Mo/c1-3-4-7(9)5-6(2)8;/h5H,3-4H2,1-2H3;. The van der Waals surface area contributed by atoms with Crippen molar-refractivity contribution in [3.63, 3.8) is 0 Å². The molecule has 10 heavy (non-hydrogen) atoms. The number of ketones is 2. The fourth-order valence-corrected chi connectivity index (χ4v) is 0.894. The molecule has 0 N–H and O–H groups in total. The van der Waals surface area contributed by atoms with E-state index in [4.69, 9.17) is 0 Å². The molecule has 0 rings (SSSR count). The summed E-state index contributed by atoms with van der Waals surface area (Å²) < 4.78 is -0.379. The van der Waals surface area contributed by atoms with Crippen LogP contribution in [-0.4, -0.2) is 11.6 Å². The third-order valence-electron chi connectivity index (χ3n) is 1.16. The Balaban J connectivity index is 3.82. The Morgan fingerprint density at radius 3 is 2.30 bits per heavy atom. The SMILES string of the molecule is CCCC(=O)[CH]([Mo])C(C)=O. The first-order valence-corrected chi connectivity index (χ1v) is 4.44. The zero-order valence-corrected chi connectivity index (χ0v) is 8.22. The summed E-state index contributed by atoms with van der Waals surface area (Å²) in [5, 5.41) is 0. The van der Waals surface area contributed by atoms with Gasteiger partial charge in [0.05, 0.1) is 0 Å². The topological polar surface area (TPSA) is 34.1 Å². The molecule has 0 heterocycles. The molecule has 0 saturated heterocycles. The first-order chi connectivity index (χ1) is 4.59. The normalized spacial score (nSPS) is 12.6. The van der Waals surface area contributed by atoms with Gasteiger partial charge >= 0.3 is 72.0 Å². The third kappa shape index (κ3) is 3.26. The summed E-state index contributed by atoms with van der Waals surface area (Å²) in [6.45, 7) is 3.40. The molecular weight excluding hydrogens is 212 g/mol. The molecule has 0 aromatic heterocycles. The molecule has 0 saturated carbocycles. The van der Waals surface area contributed by atoms with Crippen molar-refractivity contribution in [1.82, 2.24) is 0 Å². The van der Waals surface area contributed by atoms with E-state index in [0.29, 0.717) is 6.42 Å². The van der Waals surface area contributed by atoms with E-state index in [-0.39, 0.29) is 15.9 Å². The molecule has 0 aliphatic heterocycles. The van der Waals surface area contributed by atoms with Crippen molar-refractivity contribution < 1.29 is 29.4 Å². The van der Waals surface area contributed by atoms with Gasteiger partial charge in [-0.1, -0.05) is 0 Å². The van der Waals surface area contributed by atoms with Crippen molar-refractivity contribution in [2.75, 3.05) is 0 Å². The molecule has 0 aromatic carbocycles. The van der Waals surface area contributed by atoms with Crippen LogP contribution in [0.1, 0.15) is 26.7 Å². The molecule has 57 valence electrons. The number of carbonyl (C=O) groups is 2. The van der Waals surface area contributed by atoms with Crippen LogP contribution in [0.2, 0.25) is 4.31 Å². The van der Waals surface area contributed by atoms with E-state index in [1.54, 1.807) is 19.8 Å². The fourth-order valence-electron chi connectivity index (χ4n) is 0.604. The second kappa shape index (κ2) is 4.78. The Bertz CT molecular complexity index is 143. The van der Waals surface area contributed by atoms with E-state index in [9.17, 15) is 9.59 Å². The van der Waals surface area contributed by atoms with Gasteiger partial charge in [0.15, 0.2) is 0 Å². The van der Waals surface area contributed by atoms with E-state index >= 15 is 0 Å². The van der Waals surface area contributed by atoms with Crippen LogP contribution in [0.15, 0.2) is 0 Å². The average molecular weight is 223 g/mol.